The molecule has 3 nitrogen and oxygen atoms in total. The quantitative estimate of drug-likeness (QED) is 0.0803. The van der Waals surface area contributed by atoms with Crippen molar-refractivity contribution in [2.45, 2.75) is 135 Å². The van der Waals surface area contributed by atoms with Crippen LogP contribution in [0.3, 0.4) is 0 Å². The van der Waals surface area contributed by atoms with Crippen LogP contribution in [0.2, 0.25) is 0 Å². The second-order valence-electron chi connectivity index (χ2n) is 10.6. The largest absolute Gasteiger partial charge is 0.442 e. The summed E-state index contributed by atoms with van der Waals surface area (Å²) in [5.74, 6) is 12.2. The maximum Gasteiger partial charge on any atom is 0.307 e. The van der Waals surface area contributed by atoms with Gasteiger partial charge >= 0.3 is 5.97 Å². The van der Waals surface area contributed by atoms with Crippen molar-refractivity contribution >= 4 is 16.7 Å². The van der Waals surface area contributed by atoms with E-state index in [-0.39, 0.29) is 5.97 Å². The van der Waals surface area contributed by atoms with Crippen LogP contribution in [-0.4, -0.2) is 5.97 Å². The summed E-state index contributed by atoms with van der Waals surface area (Å²) in [7, 11) is 0. The van der Waals surface area contributed by atoms with E-state index in [1.165, 1.54) is 77.0 Å². The van der Waals surface area contributed by atoms with Crippen molar-refractivity contribution in [3.05, 3.63) is 48.0 Å². The smallest absolute Gasteiger partial charge is 0.307 e. The zero-order valence-electron chi connectivity index (χ0n) is 24.4. The molecule has 212 valence electrons. The average molecular weight is 530 g/mol. The zero-order chi connectivity index (χ0) is 27.8. The van der Waals surface area contributed by atoms with E-state index in [1.807, 2.05) is 42.5 Å². The van der Waals surface area contributed by atoms with Crippen molar-refractivity contribution < 1.29 is 9.53 Å². The first-order valence-corrected chi connectivity index (χ1v) is 15.6. The summed E-state index contributed by atoms with van der Waals surface area (Å²) in [5, 5.41) is 2.13. The highest BCUT2D eigenvalue weighted by Gasteiger charge is 2.14. The van der Waals surface area contributed by atoms with E-state index >= 15 is 0 Å². The fraction of sp³-hybridized carbons (Fsp3) is 0.583. The topological polar surface area (TPSA) is 52.3 Å². The number of benzene rings is 2. The minimum absolute atomic E-state index is 0.222. The number of rotatable bonds is 20. The van der Waals surface area contributed by atoms with Crippen molar-refractivity contribution in [1.29, 1.82) is 0 Å². The standard InChI is InChI=1S/C36H51NO2/c1-2-3-4-5-6-7-8-9-10-11-12-13-14-15-16-17-18-19-20-21-22-23-31-35(38)39-36(37)34-30-26-28-32-27-24-25-29-33(32)34/h24-30,36H,2-12,17-23,31,37H2,1H3. The van der Waals surface area contributed by atoms with E-state index in [2.05, 4.69) is 30.6 Å². The van der Waals surface area contributed by atoms with Gasteiger partial charge in [0.2, 0.25) is 0 Å². The summed E-state index contributed by atoms with van der Waals surface area (Å²) in [6, 6.07) is 13.9. The Morgan fingerprint density at radius 2 is 1.21 bits per heavy atom. The second-order valence-corrected chi connectivity index (χ2v) is 10.6. The lowest BCUT2D eigenvalue weighted by atomic mass is 10.0. The summed E-state index contributed by atoms with van der Waals surface area (Å²) in [6.45, 7) is 2.27. The summed E-state index contributed by atoms with van der Waals surface area (Å²) >= 11 is 0. The number of carbonyl (C=O) groups excluding carboxylic acids is 1. The highest BCUT2D eigenvalue weighted by atomic mass is 16.6. The normalized spacial score (nSPS) is 11.3. The molecule has 1 unspecified atom stereocenters. The zero-order valence-corrected chi connectivity index (χ0v) is 24.4. The molecule has 0 aliphatic rings. The number of ether oxygens (including phenoxy) is 1. The van der Waals surface area contributed by atoms with Crippen LogP contribution in [0.4, 0.5) is 0 Å². The molecule has 2 N–H and O–H groups in total. The Bertz CT molecular complexity index is 1050. The molecule has 0 fully saturated rings. The van der Waals surface area contributed by atoms with Gasteiger partial charge in [0.05, 0.1) is 0 Å². The lowest BCUT2D eigenvalue weighted by molar-refractivity contribution is -0.149. The summed E-state index contributed by atoms with van der Waals surface area (Å²) in [5.41, 5.74) is 7.04. The average Bonchev–Trinajstić information content (AvgIpc) is 2.95. The van der Waals surface area contributed by atoms with E-state index in [4.69, 9.17) is 10.5 Å². The molecule has 0 heterocycles. The van der Waals surface area contributed by atoms with Gasteiger partial charge in [-0.05, 0) is 41.9 Å². The lowest BCUT2D eigenvalue weighted by Crippen LogP contribution is -2.19. The molecule has 0 saturated heterocycles. The van der Waals surface area contributed by atoms with Gasteiger partial charge < -0.3 is 4.74 Å². The van der Waals surface area contributed by atoms with E-state index < -0.39 is 6.23 Å². The molecule has 2 rings (SSSR count). The monoisotopic (exact) mass is 529 g/mol. The number of fused-ring (bicyclic) bond motifs is 1. The molecule has 0 spiro atoms. The number of unbranched alkanes of at least 4 members (excludes halogenated alkanes) is 16. The first-order chi connectivity index (χ1) is 19.2. The van der Waals surface area contributed by atoms with E-state index in [9.17, 15) is 4.79 Å². The summed E-state index contributed by atoms with van der Waals surface area (Å²) < 4.78 is 5.50. The van der Waals surface area contributed by atoms with Crippen LogP contribution in [0.25, 0.3) is 10.8 Å². The van der Waals surface area contributed by atoms with Crippen LogP contribution in [0, 0.1) is 23.7 Å². The van der Waals surface area contributed by atoms with Crippen molar-refractivity contribution in [2.75, 3.05) is 0 Å². The van der Waals surface area contributed by atoms with Crippen LogP contribution in [0.15, 0.2) is 42.5 Å². The van der Waals surface area contributed by atoms with Crippen molar-refractivity contribution in [3.8, 4) is 23.7 Å². The lowest BCUT2D eigenvalue weighted by Gasteiger charge is -2.15. The van der Waals surface area contributed by atoms with Crippen LogP contribution in [0.1, 0.15) is 141 Å². The minimum atomic E-state index is -0.728. The Hall–Kier alpha value is -2.75. The number of esters is 1. The molecule has 0 radical (unpaired) electrons. The molecule has 0 aliphatic heterocycles. The minimum Gasteiger partial charge on any atom is -0.442 e. The number of hydrogen-bond acceptors (Lipinski definition) is 3. The van der Waals surface area contributed by atoms with Crippen LogP contribution >= 0.6 is 0 Å². The Balaban J connectivity index is 1.39. The van der Waals surface area contributed by atoms with Crippen LogP contribution in [-0.2, 0) is 9.53 Å². The van der Waals surface area contributed by atoms with Crippen LogP contribution in [0.5, 0.6) is 0 Å². The SMILES string of the molecule is CCCCCCCCCCCCC#CC#CCCCCCCCCC(=O)OC(N)c1cccc2ccccc12. The Labute approximate surface area is 238 Å². The molecule has 0 bridgehead atoms. The Kier molecular flexibility index (Phi) is 18.4. The molecule has 0 amide bonds. The van der Waals surface area contributed by atoms with E-state index in [0.29, 0.717) is 6.42 Å². The molecule has 1 atom stereocenters. The van der Waals surface area contributed by atoms with Gasteiger partial charge in [0.15, 0.2) is 6.23 Å². The molecule has 0 aromatic heterocycles. The third-order valence-corrected chi connectivity index (χ3v) is 7.22. The third kappa shape index (κ3) is 15.4. The predicted molar refractivity (Wildman–Crippen MR) is 166 cm³/mol. The highest BCUT2D eigenvalue weighted by Crippen LogP contribution is 2.24. The fourth-order valence-electron chi connectivity index (χ4n) is 4.87. The first kappa shape index (κ1) is 32.5. The molecule has 2 aromatic carbocycles. The molecule has 39 heavy (non-hydrogen) atoms. The molecular weight excluding hydrogens is 478 g/mol. The molecule has 2 aromatic rings. The maximum atomic E-state index is 12.2. The fourth-order valence-corrected chi connectivity index (χ4v) is 4.87. The van der Waals surface area contributed by atoms with Gasteiger partial charge in [-0.2, -0.15) is 0 Å². The van der Waals surface area contributed by atoms with Crippen molar-refractivity contribution in [1.82, 2.24) is 0 Å². The van der Waals surface area contributed by atoms with Crippen LogP contribution < -0.4 is 5.73 Å². The van der Waals surface area contributed by atoms with E-state index in [0.717, 1.165) is 54.9 Å². The Morgan fingerprint density at radius 3 is 1.82 bits per heavy atom. The highest BCUT2D eigenvalue weighted by molar-refractivity contribution is 5.86. The van der Waals surface area contributed by atoms with Gasteiger partial charge in [-0.3, -0.25) is 10.5 Å². The maximum absolute atomic E-state index is 12.2. The summed E-state index contributed by atoms with van der Waals surface area (Å²) in [6.07, 6.45) is 21.7. The molecule has 3 heteroatoms. The van der Waals surface area contributed by atoms with Gasteiger partial charge in [0.25, 0.3) is 0 Å². The molecule has 0 saturated carbocycles. The number of nitrogens with two attached hydrogens (primary N) is 1. The molecular formula is C36H51NO2. The van der Waals surface area contributed by atoms with Gasteiger partial charge in [0, 0.05) is 24.8 Å². The second kappa shape index (κ2) is 22.1. The van der Waals surface area contributed by atoms with Gasteiger partial charge in [0.1, 0.15) is 0 Å². The first-order valence-electron chi connectivity index (χ1n) is 15.6. The number of carbonyl (C=O) groups is 1. The van der Waals surface area contributed by atoms with E-state index in [1.54, 1.807) is 0 Å². The van der Waals surface area contributed by atoms with Gasteiger partial charge in [-0.25, -0.2) is 0 Å². The van der Waals surface area contributed by atoms with Crippen molar-refractivity contribution in [3.63, 3.8) is 0 Å². The summed E-state index contributed by atoms with van der Waals surface area (Å²) in [4.78, 5) is 12.2. The number of hydrogen-bond donors (Lipinski definition) is 1. The molecule has 0 aliphatic carbocycles. The van der Waals surface area contributed by atoms with Gasteiger partial charge in [-0.15, -0.1) is 0 Å². The van der Waals surface area contributed by atoms with Gasteiger partial charge in [-0.1, -0.05) is 145 Å². The van der Waals surface area contributed by atoms with Crippen molar-refractivity contribution in [2.24, 2.45) is 5.73 Å². The Morgan fingerprint density at radius 1 is 0.692 bits per heavy atom. The predicted octanol–water partition coefficient (Wildman–Crippen LogP) is 9.78. The third-order valence-electron chi connectivity index (χ3n) is 7.22.